The monoisotopic (exact) mass is 287 g/mol. The van der Waals surface area contributed by atoms with Gasteiger partial charge in [0.05, 0.1) is 18.1 Å². The Kier molecular flexibility index (Phi) is 4.15. The van der Waals surface area contributed by atoms with Crippen molar-refractivity contribution >= 4 is 11.0 Å². The Bertz CT molecular complexity index is 620. The molecule has 4 heteroatoms. The summed E-state index contributed by atoms with van der Waals surface area (Å²) in [4.78, 5) is 4.95. The van der Waals surface area contributed by atoms with Gasteiger partial charge in [0.25, 0.3) is 0 Å². The fourth-order valence-corrected chi connectivity index (χ4v) is 3.39. The van der Waals surface area contributed by atoms with Gasteiger partial charge in [-0.05, 0) is 44.9 Å². The second-order valence-corrected chi connectivity index (χ2v) is 6.05. The first-order chi connectivity index (χ1) is 10.2. The van der Waals surface area contributed by atoms with Gasteiger partial charge in [-0.3, -0.25) is 0 Å². The number of fused-ring (bicyclic) bond motifs is 1. The molecule has 0 amide bonds. The van der Waals surface area contributed by atoms with Gasteiger partial charge in [0, 0.05) is 24.6 Å². The van der Waals surface area contributed by atoms with E-state index in [0.717, 1.165) is 30.8 Å². The first kappa shape index (κ1) is 14.4. The number of piperidine rings is 1. The molecule has 2 atom stereocenters. The summed E-state index contributed by atoms with van der Waals surface area (Å²) in [5.74, 6) is 2.70. The highest BCUT2D eigenvalue weighted by Crippen LogP contribution is 2.31. The number of methoxy groups -OCH3 is 1. The summed E-state index contributed by atoms with van der Waals surface area (Å²) < 4.78 is 7.75. The fourth-order valence-electron chi connectivity index (χ4n) is 3.39. The number of hydrogen-bond acceptors (Lipinski definition) is 3. The van der Waals surface area contributed by atoms with E-state index in [9.17, 15) is 0 Å². The Labute approximate surface area is 126 Å². The van der Waals surface area contributed by atoms with E-state index in [1.807, 2.05) is 6.07 Å². The van der Waals surface area contributed by atoms with Crippen molar-refractivity contribution in [2.75, 3.05) is 13.7 Å². The Morgan fingerprint density at radius 1 is 1.43 bits per heavy atom. The zero-order valence-corrected chi connectivity index (χ0v) is 13.2. The Hall–Kier alpha value is -1.55. The van der Waals surface area contributed by atoms with Crippen LogP contribution in [0.25, 0.3) is 11.0 Å². The van der Waals surface area contributed by atoms with Crippen LogP contribution in [0.4, 0.5) is 0 Å². The minimum absolute atomic E-state index is 0.561. The molecule has 0 saturated carbocycles. The van der Waals surface area contributed by atoms with E-state index in [2.05, 4.69) is 35.9 Å². The van der Waals surface area contributed by atoms with E-state index >= 15 is 0 Å². The van der Waals surface area contributed by atoms with Crippen molar-refractivity contribution in [2.24, 2.45) is 0 Å². The van der Waals surface area contributed by atoms with Crippen molar-refractivity contribution in [3.63, 3.8) is 0 Å². The lowest BCUT2D eigenvalue weighted by molar-refractivity contribution is 0.364. The van der Waals surface area contributed by atoms with Crippen LogP contribution in [0.3, 0.4) is 0 Å². The summed E-state index contributed by atoms with van der Waals surface area (Å²) >= 11 is 0. The largest absolute Gasteiger partial charge is 0.497 e. The minimum atomic E-state index is 0.561. The number of rotatable bonds is 4. The molecule has 1 aliphatic heterocycles. The molecule has 2 unspecified atom stereocenters. The number of nitrogens with one attached hydrogen (secondary N) is 1. The van der Waals surface area contributed by atoms with Gasteiger partial charge in [0.1, 0.15) is 11.6 Å². The van der Waals surface area contributed by atoms with Crippen LogP contribution in [0.5, 0.6) is 5.75 Å². The molecule has 0 bridgehead atoms. The zero-order valence-electron chi connectivity index (χ0n) is 13.2. The van der Waals surface area contributed by atoms with Crippen LogP contribution in [0.1, 0.15) is 44.9 Å². The number of nitrogens with zero attached hydrogens (tertiary/aromatic N) is 2. The second kappa shape index (κ2) is 6.06. The third-order valence-corrected chi connectivity index (χ3v) is 4.42. The molecule has 0 aliphatic carbocycles. The highest BCUT2D eigenvalue weighted by atomic mass is 16.5. The Balaban J connectivity index is 2.05. The van der Waals surface area contributed by atoms with Crippen molar-refractivity contribution in [2.45, 2.75) is 51.6 Å². The van der Waals surface area contributed by atoms with Crippen molar-refractivity contribution in [1.82, 2.24) is 14.9 Å². The second-order valence-electron chi connectivity index (χ2n) is 6.05. The van der Waals surface area contributed by atoms with E-state index < -0.39 is 0 Å². The van der Waals surface area contributed by atoms with Crippen molar-refractivity contribution in [3.05, 3.63) is 24.0 Å². The lowest BCUT2D eigenvalue weighted by Gasteiger charge is -2.28. The molecule has 4 nitrogen and oxygen atoms in total. The maximum Gasteiger partial charge on any atom is 0.121 e. The van der Waals surface area contributed by atoms with E-state index in [1.165, 1.54) is 24.2 Å². The van der Waals surface area contributed by atoms with Gasteiger partial charge in [-0.2, -0.15) is 0 Å². The lowest BCUT2D eigenvalue weighted by Crippen LogP contribution is -2.35. The summed E-state index contributed by atoms with van der Waals surface area (Å²) in [6.45, 7) is 6.62. The van der Waals surface area contributed by atoms with Crippen molar-refractivity contribution < 1.29 is 4.74 Å². The number of aryl methyl sites for hydroxylation is 1. The van der Waals surface area contributed by atoms with E-state index in [-0.39, 0.29) is 0 Å². The molecule has 21 heavy (non-hydrogen) atoms. The molecule has 1 saturated heterocycles. The molecule has 2 aromatic rings. The molecule has 1 aromatic heterocycles. The number of imidazole rings is 1. The van der Waals surface area contributed by atoms with Gasteiger partial charge >= 0.3 is 0 Å². The van der Waals surface area contributed by atoms with E-state index in [0.29, 0.717) is 12.0 Å². The molecule has 1 aliphatic rings. The average molecular weight is 287 g/mol. The van der Waals surface area contributed by atoms with Gasteiger partial charge in [-0.1, -0.05) is 6.92 Å². The van der Waals surface area contributed by atoms with E-state index in [1.54, 1.807) is 7.11 Å². The van der Waals surface area contributed by atoms with E-state index in [4.69, 9.17) is 9.72 Å². The van der Waals surface area contributed by atoms with Crippen LogP contribution in [0.2, 0.25) is 0 Å². The van der Waals surface area contributed by atoms with Crippen LogP contribution in [-0.2, 0) is 6.54 Å². The van der Waals surface area contributed by atoms with Gasteiger partial charge in [-0.15, -0.1) is 0 Å². The number of hydrogen-bond donors (Lipinski definition) is 1. The fraction of sp³-hybridized carbons (Fsp3) is 0.588. The summed E-state index contributed by atoms with van der Waals surface area (Å²) in [5, 5.41) is 3.53. The first-order valence-electron chi connectivity index (χ1n) is 8.00. The van der Waals surface area contributed by atoms with Crippen LogP contribution in [0, 0.1) is 0 Å². The molecule has 2 heterocycles. The number of ether oxygens (including phenoxy) is 1. The SMILES string of the molecule is CCCn1c(C2CCNC(C)C2)nc2cc(OC)ccc21. The predicted octanol–water partition coefficient (Wildman–Crippen LogP) is 3.31. The first-order valence-corrected chi connectivity index (χ1v) is 8.00. The molecular weight excluding hydrogens is 262 g/mol. The summed E-state index contributed by atoms with van der Waals surface area (Å²) in [5.41, 5.74) is 2.29. The number of aromatic nitrogens is 2. The van der Waals surface area contributed by atoms with Gasteiger partial charge in [0.2, 0.25) is 0 Å². The average Bonchev–Trinajstić information content (AvgIpc) is 2.85. The molecule has 114 valence electrons. The molecule has 1 aromatic carbocycles. The highest BCUT2D eigenvalue weighted by molar-refractivity contribution is 5.78. The van der Waals surface area contributed by atoms with Crippen LogP contribution >= 0.6 is 0 Å². The Morgan fingerprint density at radius 2 is 2.29 bits per heavy atom. The minimum Gasteiger partial charge on any atom is -0.497 e. The predicted molar refractivity (Wildman–Crippen MR) is 86.0 cm³/mol. The Morgan fingerprint density at radius 3 is 3.00 bits per heavy atom. The van der Waals surface area contributed by atoms with Gasteiger partial charge in [-0.25, -0.2) is 4.98 Å². The summed E-state index contributed by atoms with van der Waals surface area (Å²) in [7, 11) is 1.71. The maximum absolute atomic E-state index is 5.33. The number of benzene rings is 1. The summed E-state index contributed by atoms with van der Waals surface area (Å²) in [6, 6.07) is 6.80. The normalized spacial score (nSPS) is 22.6. The molecule has 0 radical (unpaired) electrons. The molecule has 1 fully saturated rings. The third kappa shape index (κ3) is 2.77. The highest BCUT2D eigenvalue weighted by Gasteiger charge is 2.25. The van der Waals surface area contributed by atoms with Crippen molar-refractivity contribution in [1.29, 1.82) is 0 Å². The smallest absolute Gasteiger partial charge is 0.121 e. The molecule has 3 rings (SSSR count). The standard InChI is InChI=1S/C17H25N3O/c1-4-9-20-16-6-5-14(21-3)11-15(16)19-17(20)13-7-8-18-12(2)10-13/h5-6,11-13,18H,4,7-10H2,1-3H3. The summed E-state index contributed by atoms with van der Waals surface area (Å²) in [6.07, 6.45) is 3.48. The molecule has 0 spiro atoms. The van der Waals surface area contributed by atoms with Crippen LogP contribution < -0.4 is 10.1 Å². The van der Waals surface area contributed by atoms with Gasteiger partial charge < -0.3 is 14.6 Å². The third-order valence-electron chi connectivity index (χ3n) is 4.42. The van der Waals surface area contributed by atoms with Crippen LogP contribution in [0.15, 0.2) is 18.2 Å². The quantitative estimate of drug-likeness (QED) is 0.937. The zero-order chi connectivity index (χ0) is 14.8. The van der Waals surface area contributed by atoms with Crippen LogP contribution in [-0.4, -0.2) is 29.2 Å². The van der Waals surface area contributed by atoms with Crippen molar-refractivity contribution in [3.8, 4) is 5.75 Å². The topological polar surface area (TPSA) is 39.1 Å². The maximum atomic E-state index is 5.33. The molecular formula is C17H25N3O. The van der Waals surface area contributed by atoms with Gasteiger partial charge in [0.15, 0.2) is 0 Å². The lowest BCUT2D eigenvalue weighted by atomic mass is 9.92. The molecule has 1 N–H and O–H groups in total.